The van der Waals surface area contributed by atoms with Gasteiger partial charge < -0.3 is 5.32 Å². The topological polar surface area (TPSA) is 35.8 Å². The summed E-state index contributed by atoms with van der Waals surface area (Å²) in [7, 11) is 0. The van der Waals surface area contributed by atoms with Crippen LogP contribution < -0.4 is 5.32 Å². The SMILES string of the molecule is CCC(C#N)Nc1c(Cl)cc(F)cc1Cl. The zero-order valence-corrected chi connectivity index (χ0v) is 9.53. The first-order valence-corrected chi connectivity index (χ1v) is 5.14. The molecule has 0 bridgehead atoms. The number of halogens is 3. The van der Waals surface area contributed by atoms with Gasteiger partial charge in [-0.2, -0.15) is 5.26 Å². The van der Waals surface area contributed by atoms with Gasteiger partial charge in [-0.05, 0) is 18.6 Å². The fraction of sp³-hybridized carbons (Fsp3) is 0.300. The van der Waals surface area contributed by atoms with Crippen molar-refractivity contribution in [3.05, 3.63) is 28.0 Å². The zero-order chi connectivity index (χ0) is 11.4. The monoisotopic (exact) mass is 246 g/mol. The van der Waals surface area contributed by atoms with Crippen LogP contribution in [0.1, 0.15) is 13.3 Å². The molecule has 1 aromatic rings. The van der Waals surface area contributed by atoms with Gasteiger partial charge in [0.05, 0.1) is 21.8 Å². The van der Waals surface area contributed by atoms with Gasteiger partial charge in [0, 0.05) is 0 Å². The number of benzene rings is 1. The van der Waals surface area contributed by atoms with Gasteiger partial charge in [-0.15, -0.1) is 0 Å². The van der Waals surface area contributed by atoms with E-state index < -0.39 is 5.82 Å². The summed E-state index contributed by atoms with van der Waals surface area (Å²) in [4.78, 5) is 0. The lowest BCUT2D eigenvalue weighted by atomic mass is 10.2. The summed E-state index contributed by atoms with van der Waals surface area (Å²) >= 11 is 11.6. The van der Waals surface area contributed by atoms with Crippen molar-refractivity contribution in [1.29, 1.82) is 5.26 Å². The van der Waals surface area contributed by atoms with Crippen LogP contribution in [0.25, 0.3) is 0 Å². The Hall–Kier alpha value is -0.980. The van der Waals surface area contributed by atoms with Gasteiger partial charge in [-0.25, -0.2) is 4.39 Å². The number of rotatable bonds is 3. The molecule has 2 nitrogen and oxygen atoms in total. The minimum absolute atomic E-state index is 0.175. The third kappa shape index (κ3) is 2.98. The fourth-order valence-corrected chi connectivity index (χ4v) is 1.65. The third-order valence-electron chi connectivity index (χ3n) is 1.89. The highest BCUT2D eigenvalue weighted by Crippen LogP contribution is 2.31. The highest BCUT2D eigenvalue weighted by atomic mass is 35.5. The molecule has 5 heteroatoms. The van der Waals surface area contributed by atoms with Crippen LogP contribution in [0.15, 0.2) is 12.1 Å². The molecule has 1 aromatic carbocycles. The Morgan fingerprint density at radius 3 is 2.40 bits per heavy atom. The molecular weight excluding hydrogens is 238 g/mol. The summed E-state index contributed by atoms with van der Waals surface area (Å²) in [6, 6.07) is 3.97. The van der Waals surface area contributed by atoms with E-state index in [1.165, 1.54) is 0 Å². The molecule has 0 aliphatic carbocycles. The largest absolute Gasteiger partial charge is 0.367 e. The third-order valence-corrected chi connectivity index (χ3v) is 2.49. The van der Waals surface area contributed by atoms with Crippen molar-refractivity contribution in [3.63, 3.8) is 0 Å². The molecule has 0 fully saturated rings. The molecule has 1 atom stereocenters. The molecule has 15 heavy (non-hydrogen) atoms. The second-order valence-electron chi connectivity index (χ2n) is 2.98. The van der Waals surface area contributed by atoms with Crippen LogP contribution in [-0.4, -0.2) is 6.04 Å². The van der Waals surface area contributed by atoms with Crippen LogP contribution in [0.3, 0.4) is 0 Å². The van der Waals surface area contributed by atoms with Gasteiger partial charge in [-0.1, -0.05) is 30.1 Å². The van der Waals surface area contributed by atoms with E-state index in [9.17, 15) is 4.39 Å². The second kappa shape index (κ2) is 5.20. The van der Waals surface area contributed by atoms with E-state index in [4.69, 9.17) is 28.5 Å². The van der Waals surface area contributed by atoms with Gasteiger partial charge in [0.1, 0.15) is 11.9 Å². The lowest BCUT2D eigenvalue weighted by Gasteiger charge is -2.13. The van der Waals surface area contributed by atoms with Crippen molar-refractivity contribution in [3.8, 4) is 6.07 Å². The molecule has 0 aliphatic rings. The van der Waals surface area contributed by atoms with Crippen molar-refractivity contribution < 1.29 is 4.39 Å². The summed E-state index contributed by atoms with van der Waals surface area (Å²) < 4.78 is 12.8. The molecule has 0 saturated heterocycles. The number of nitrogens with one attached hydrogen (secondary N) is 1. The molecule has 0 aromatic heterocycles. The molecule has 1 N–H and O–H groups in total. The molecule has 0 aliphatic heterocycles. The molecule has 80 valence electrons. The first-order chi connectivity index (χ1) is 7.08. The Morgan fingerprint density at radius 1 is 1.47 bits per heavy atom. The van der Waals surface area contributed by atoms with E-state index >= 15 is 0 Å². The summed E-state index contributed by atoms with van der Waals surface area (Å²) in [6.07, 6.45) is 0.612. The normalized spacial score (nSPS) is 11.9. The van der Waals surface area contributed by atoms with Gasteiger partial charge >= 0.3 is 0 Å². The summed E-state index contributed by atoms with van der Waals surface area (Å²) in [5.41, 5.74) is 0.396. The van der Waals surface area contributed by atoms with E-state index in [1.807, 2.05) is 13.0 Å². The number of nitriles is 1. The predicted molar refractivity (Wildman–Crippen MR) is 59.7 cm³/mol. The first-order valence-electron chi connectivity index (χ1n) is 4.39. The van der Waals surface area contributed by atoms with Crippen molar-refractivity contribution in [2.45, 2.75) is 19.4 Å². The summed E-state index contributed by atoms with van der Waals surface area (Å²) in [5.74, 6) is -0.499. The van der Waals surface area contributed by atoms with E-state index in [0.717, 1.165) is 12.1 Å². The minimum atomic E-state index is -0.499. The maximum absolute atomic E-state index is 12.8. The van der Waals surface area contributed by atoms with E-state index in [0.29, 0.717) is 12.1 Å². The lowest BCUT2D eigenvalue weighted by molar-refractivity contribution is 0.628. The van der Waals surface area contributed by atoms with E-state index in [2.05, 4.69) is 5.32 Å². The fourth-order valence-electron chi connectivity index (χ4n) is 1.08. The maximum atomic E-state index is 12.8. The van der Waals surface area contributed by atoms with Crippen LogP contribution in [0, 0.1) is 17.1 Å². The van der Waals surface area contributed by atoms with Crippen LogP contribution in [0.2, 0.25) is 10.0 Å². The Kier molecular flexibility index (Phi) is 4.19. The van der Waals surface area contributed by atoms with Gasteiger partial charge in [0.15, 0.2) is 0 Å². The molecule has 0 heterocycles. The smallest absolute Gasteiger partial charge is 0.126 e. The zero-order valence-electron chi connectivity index (χ0n) is 8.02. The standard InChI is InChI=1S/C10H9Cl2FN2/c1-2-7(5-14)15-10-8(11)3-6(13)4-9(10)12/h3-4,7,15H,2H2,1H3. The number of hydrogen-bond acceptors (Lipinski definition) is 2. The Labute approximate surface area is 97.6 Å². The van der Waals surface area contributed by atoms with Crippen molar-refractivity contribution in [1.82, 2.24) is 0 Å². The van der Waals surface area contributed by atoms with E-state index in [1.54, 1.807) is 0 Å². The quantitative estimate of drug-likeness (QED) is 0.880. The molecule has 1 unspecified atom stereocenters. The van der Waals surface area contributed by atoms with Gasteiger partial charge in [0.25, 0.3) is 0 Å². The average molecular weight is 247 g/mol. The van der Waals surface area contributed by atoms with Gasteiger partial charge in [-0.3, -0.25) is 0 Å². The maximum Gasteiger partial charge on any atom is 0.126 e. The Morgan fingerprint density at radius 2 is 2.00 bits per heavy atom. The van der Waals surface area contributed by atoms with Crippen molar-refractivity contribution in [2.24, 2.45) is 0 Å². The molecule has 0 radical (unpaired) electrons. The molecule has 0 saturated carbocycles. The van der Waals surface area contributed by atoms with Crippen LogP contribution in [-0.2, 0) is 0 Å². The van der Waals surface area contributed by atoms with Crippen LogP contribution in [0.4, 0.5) is 10.1 Å². The first kappa shape index (κ1) is 12.1. The van der Waals surface area contributed by atoms with Crippen LogP contribution in [0.5, 0.6) is 0 Å². The number of anilines is 1. The minimum Gasteiger partial charge on any atom is -0.367 e. The summed E-state index contributed by atoms with van der Waals surface area (Å²) in [5, 5.41) is 12.0. The summed E-state index contributed by atoms with van der Waals surface area (Å²) in [6.45, 7) is 1.85. The number of hydrogen-bond donors (Lipinski definition) is 1. The lowest BCUT2D eigenvalue weighted by Crippen LogP contribution is -2.16. The molecular formula is C10H9Cl2FN2. The van der Waals surface area contributed by atoms with Crippen molar-refractivity contribution >= 4 is 28.9 Å². The Bertz CT molecular complexity index is 378. The number of nitrogens with zero attached hydrogens (tertiary/aromatic N) is 1. The van der Waals surface area contributed by atoms with Gasteiger partial charge in [0.2, 0.25) is 0 Å². The molecule has 0 spiro atoms. The van der Waals surface area contributed by atoms with Crippen molar-refractivity contribution in [2.75, 3.05) is 5.32 Å². The molecule has 0 amide bonds. The predicted octanol–water partition coefficient (Wildman–Crippen LogP) is 3.85. The highest BCUT2D eigenvalue weighted by molar-refractivity contribution is 6.39. The Balaban J connectivity index is 3.00. The highest BCUT2D eigenvalue weighted by Gasteiger charge is 2.12. The van der Waals surface area contributed by atoms with Crippen LogP contribution >= 0.6 is 23.2 Å². The molecule has 1 rings (SSSR count). The van der Waals surface area contributed by atoms with E-state index in [-0.39, 0.29) is 16.1 Å². The second-order valence-corrected chi connectivity index (χ2v) is 3.79. The average Bonchev–Trinajstić information content (AvgIpc) is 2.17.